The summed E-state index contributed by atoms with van der Waals surface area (Å²) >= 11 is 1.83. The van der Waals surface area contributed by atoms with E-state index < -0.39 is 0 Å². The van der Waals surface area contributed by atoms with Crippen LogP contribution in [-0.4, -0.2) is 28.9 Å². The van der Waals surface area contributed by atoms with Gasteiger partial charge in [0.2, 0.25) is 0 Å². The molecule has 2 nitrogen and oxygen atoms in total. The lowest BCUT2D eigenvalue weighted by molar-refractivity contribution is 0.348. The number of aliphatic imine (C=N–C) groups is 1. The molecule has 12 heavy (non-hydrogen) atoms. The first kappa shape index (κ1) is 8.17. The van der Waals surface area contributed by atoms with Gasteiger partial charge in [-0.25, -0.2) is 4.99 Å². The second kappa shape index (κ2) is 3.52. The van der Waals surface area contributed by atoms with Crippen LogP contribution in [0.4, 0.5) is 0 Å². The Balaban J connectivity index is 1.99. The Morgan fingerprint density at radius 2 is 2.00 bits per heavy atom. The van der Waals surface area contributed by atoms with Crippen molar-refractivity contribution in [2.24, 2.45) is 4.99 Å². The molecule has 1 saturated heterocycles. The SMILES string of the molecule is C=C1CSC(N2CCCCC2)=N1. The summed E-state index contributed by atoms with van der Waals surface area (Å²) in [4.78, 5) is 6.82. The van der Waals surface area contributed by atoms with Crippen LogP contribution in [-0.2, 0) is 0 Å². The molecule has 0 spiro atoms. The summed E-state index contributed by atoms with van der Waals surface area (Å²) in [6.07, 6.45) is 4.04. The number of hydrogen-bond donors (Lipinski definition) is 0. The van der Waals surface area contributed by atoms with Gasteiger partial charge in [0, 0.05) is 24.5 Å². The minimum atomic E-state index is 0.992. The smallest absolute Gasteiger partial charge is 0.164 e. The number of thioether (sulfide) groups is 1. The van der Waals surface area contributed by atoms with E-state index in [1.54, 1.807) is 0 Å². The highest BCUT2D eigenvalue weighted by Crippen LogP contribution is 2.24. The molecule has 0 aromatic carbocycles. The minimum Gasteiger partial charge on any atom is -0.351 e. The highest BCUT2D eigenvalue weighted by Gasteiger charge is 2.19. The molecule has 1 fully saturated rings. The molecular weight excluding hydrogens is 168 g/mol. The maximum Gasteiger partial charge on any atom is 0.164 e. The molecule has 0 unspecified atom stereocenters. The lowest BCUT2D eigenvalue weighted by Crippen LogP contribution is -2.33. The van der Waals surface area contributed by atoms with Gasteiger partial charge in [-0.1, -0.05) is 18.3 Å². The Hall–Kier alpha value is -0.440. The van der Waals surface area contributed by atoms with E-state index in [9.17, 15) is 0 Å². The Labute approximate surface area is 77.7 Å². The molecule has 0 amide bonds. The first-order chi connectivity index (χ1) is 5.86. The van der Waals surface area contributed by atoms with Crippen molar-refractivity contribution in [1.29, 1.82) is 0 Å². The zero-order chi connectivity index (χ0) is 8.39. The molecule has 0 aromatic heterocycles. The van der Waals surface area contributed by atoms with Gasteiger partial charge in [-0.3, -0.25) is 0 Å². The van der Waals surface area contributed by atoms with Crippen LogP contribution in [0.15, 0.2) is 17.3 Å². The summed E-state index contributed by atoms with van der Waals surface area (Å²) in [5.74, 6) is 0.992. The highest BCUT2D eigenvalue weighted by atomic mass is 32.2. The number of rotatable bonds is 0. The zero-order valence-corrected chi connectivity index (χ0v) is 8.07. The van der Waals surface area contributed by atoms with Crippen LogP contribution in [0, 0.1) is 0 Å². The van der Waals surface area contributed by atoms with Crippen molar-refractivity contribution < 1.29 is 0 Å². The average molecular weight is 182 g/mol. The molecule has 0 bridgehead atoms. The van der Waals surface area contributed by atoms with Crippen molar-refractivity contribution >= 4 is 16.9 Å². The minimum absolute atomic E-state index is 0.992. The summed E-state index contributed by atoms with van der Waals surface area (Å²) in [5.41, 5.74) is 1.03. The third kappa shape index (κ3) is 1.66. The zero-order valence-electron chi connectivity index (χ0n) is 7.25. The van der Waals surface area contributed by atoms with Crippen molar-refractivity contribution in [1.82, 2.24) is 4.90 Å². The van der Waals surface area contributed by atoms with E-state index in [4.69, 9.17) is 0 Å². The monoisotopic (exact) mass is 182 g/mol. The summed E-state index contributed by atoms with van der Waals surface area (Å²) in [6.45, 7) is 6.25. The number of hydrogen-bond acceptors (Lipinski definition) is 3. The molecule has 0 atom stereocenters. The Morgan fingerprint density at radius 3 is 2.58 bits per heavy atom. The molecule has 2 aliphatic rings. The van der Waals surface area contributed by atoms with Gasteiger partial charge in [0.25, 0.3) is 0 Å². The predicted octanol–water partition coefficient (Wildman–Crippen LogP) is 2.09. The van der Waals surface area contributed by atoms with Gasteiger partial charge in [-0.2, -0.15) is 0 Å². The maximum atomic E-state index is 4.42. The Bertz CT molecular complexity index is 217. The molecule has 0 aromatic rings. The van der Waals surface area contributed by atoms with Crippen molar-refractivity contribution in [3.05, 3.63) is 12.3 Å². The maximum absolute atomic E-state index is 4.42. The average Bonchev–Trinajstić information content (AvgIpc) is 2.54. The van der Waals surface area contributed by atoms with E-state index in [0.717, 1.165) is 11.4 Å². The topological polar surface area (TPSA) is 15.6 Å². The lowest BCUT2D eigenvalue weighted by atomic mass is 10.1. The van der Waals surface area contributed by atoms with E-state index in [2.05, 4.69) is 16.5 Å². The highest BCUT2D eigenvalue weighted by molar-refractivity contribution is 8.14. The van der Waals surface area contributed by atoms with Gasteiger partial charge >= 0.3 is 0 Å². The molecule has 0 aliphatic carbocycles. The molecular formula is C9H14N2S. The third-order valence-corrected chi connectivity index (χ3v) is 3.33. The van der Waals surface area contributed by atoms with E-state index in [1.165, 1.54) is 37.5 Å². The first-order valence-corrected chi connectivity index (χ1v) is 5.49. The first-order valence-electron chi connectivity index (χ1n) is 4.50. The van der Waals surface area contributed by atoms with Crippen LogP contribution < -0.4 is 0 Å². The molecule has 66 valence electrons. The van der Waals surface area contributed by atoms with Gasteiger partial charge in [0.1, 0.15) is 0 Å². The summed E-state index contributed by atoms with van der Waals surface area (Å²) in [7, 11) is 0. The second-order valence-corrected chi connectivity index (χ2v) is 4.24. The fourth-order valence-corrected chi connectivity index (χ4v) is 2.51. The molecule has 0 N–H and O–H groups in total. The number of amidine groups is 1. The molecule has 3 heteroatoms. The third-order valence-electron chi connectivity index (χ3n) is 2.25. The number of piperidine rings is 1. The van der Waals surface area contributed by atoms with E-state index in [0.29, 0.717) is 0 Å². The van der Waals surface area contributed by atoms with E-state index in [-0.39, 0.29) is 0 Å². The lowest BCUT2D eigenvalue weighted by Gasteiger charge is -2.27. The standard InChI is InChI=1S/C9H14N2S/c1-8-7-12-9(10-8)11-5-3-2-4-6-11/h1-7H2. The number of likely N-dealkylation sites (tertiary alicyclic amines) is 1. The molecule has 0 saturated carbocycles. The Kier molecular flexibility index (Phi) is 2.40. The van der Waals surface area contributed by atoms with Crippen molar-refractivity contribution in [2.45, 2.75) is 19.3 Å². The van der Waals surface area contributed by atoms with Crippen molar-refractivity contribution in [3.63, 3.8) is 0 Å². The largest absolute Gasteiger partial charge is 0.351 e. The van der Waals surface area contributed by atoms with E-state index >= 15 is 0 Å². The fraction of sp³-hybridized carbons (Fsp3) is 0.667. The predicted molar refractivity (Wildman–Crippen MR) is 54.5 cm³/mol. The molecule has 2 rings (SSSR count). The summed E-state index contributed by atoms with van der Waals surface area (Å²) in [6, 6.07) is 0. The molecule has 2 aliphatic heterocycles. The van der Waals surface area contributed by atoms with Gasteiger partial charge in [0.15, 0.2) is 5.17 Å². The molecule has 2 heterocycles. The van der Waals surface area contributed by atoms with Gasteiger partial charge < -0.3 is 4.90 Å². The van der Waals surface area contributed by atoms with Crippen LogP contribution in [0.1, 0.15) is 19.3 Å². The van der Waals surface area contributed by atoms with Crippen molar-refractivity contribution in [3.8, 4) is 0 Å². The quantitative estimate of drug-likeness (QED) is 0.570. The van der Waals surface area contributed by atoms with Gasteiger partial charge in [-0.05, 0) is 19.3 Å². The van der Waals surface area contributed by atoms with Crippen LogP contribution in [0.2, 0.25) is 0 Å². The van der Waals surface area contributed by atoms with Gasteiger partial charge in [0.05, 0.1) is 0 Å². The van der Waals surface area contributed by atoms with Crippen LogP contribution in [0.25, 0.3) is 0 Å². The van der Waals surface area contributed by atoms with Crippen LogP contribution in [0.3, 0.4) is 0 Å². The van der Waals surface area contributed by atoms with Crippen LogP contribution >= 0.6 is 11.8 Å². The van der Waals surface area contributed by atoms with Crippen molar-refractivity contribution in [2.75, 3.05) is 18.8 Å². The van der Waals surface area contributed by atoms with Crippen LogP contribution in [0.5, 0.6) is 0 Å². The normalized spacial score (nSPS) is 24.5. The second-order valence-electron chi connectivity index (χ2n) is 3.30. The fourth-order valence-electron chi connectivity index (χ4n) is 1.59. The number of nitrogens with zero attached hydrogens (tertiary/aromatic N) is 2. The van der Waals surface area contributed by atoms with E-state index in [1.807, 2.05) is 11.8 Å². The molecule has 0 radical (unpaired) electrons. The van der Waals surface area contributed by atoms with Gasteiger partial charge in [-0.15, -0.1) is 0 Å². The summed E-state index contributed by atoms with van der Waals surface area (Å²) in [5, 5.41) is 1.21. The Morgan fingerprint density at radius 1 is 1.25 bits per heavy atom. The summed E-state index contributed by atoms with van der Waals surface area (Å²) < 4.78 is 0.